The van der Waals surface area contributed by atoms with Gasteiger partial charge in [0, 0.05) is 30.4 Å². The zero-order chi connectivity index (χ0) is 20.5. The van der Waals surface area contributed by atoms with Crippen molar-refractivity contribution >= 4 is 42.0 Å². The fourth-order valence-corrected chi connectivity index (χ4v) is 3.65. The molecule has 6 nitrogen and oxygen atoms in total. The van der Waals surface area contributed by atoms with Crippen LogP contribution in [0, 0.1) is 13.8 Å². The third-order valence-electron chi connectivity index (χ3n) is 3.45. The van der Waals surface area contributed by atoms with Crippen LogP contribution in [-0.4, -0.2) is 32.3 Å². The molecule has 4 rings (SSSR count). The van der Waals surface area contributed by atoms with Crippen molar-refractivity contribution in [1.82, 2.24) is 19.6 Å². The maximum Gasteiger partial charge on any atom is 0.569 e. The van der Waals surface area contributed by atoms with E-state index in [4.69, 9.17) is 16.6 Å². The van der Waals surface area contributed by atoms with Crippen LogP contribution >= 0.6 is 34.3 Å². The lowest BCUT2D eigenvalue weighted by Crippen LogP contribution is -1.97. The molecule has 0 aliphatic heterocycles. The van der Waals surface area contributed by atoms with Crippen molar-refractivity contribution in [3.63, 3.8) is 0 Å². The minimum Gasteiger partial charge on any atom is -0.537 e. The van der Waals surface area contributed by atoms with Crippen LogP contribution in [0.15, 0.2) is 45.8 Å². The standard InChI is InChI=1S/C9H10N2S.C5H7ClN2.C4H4BO2S/c1-7-5-9(11(2)10-7)8-3-4-12-6-8;1-4-3-5(6)8(2)7-4;6-5-7-4-1-2-8-3-4/h3-6H,1-2H3;3H,1-2H3;1-3,6H. The molecule has 0 saturated carbocycles. The van der Waals surface area contributed by atoms with E-state index >= 15 is 0 Å². The molecule has 147 valence electrons. The molecule has 1 radical (unpaired) electrons. The Balaban J connectivity index is 0.000000156. The van der Waals surface area contributed by atoms with Gasteiger partial charge < -0.3 is 9.68 Å². The van der Waals surface area contributed by atoms with Crippen LogP contribution in [0.1, 0.15) is 11.4 Å². The van der Waals surface area contributed by atoms with E-state index in [0.717, 1.165) is 11.4 Å². The molecule has 4 aromatic rings. The summed E-state index contributed by atoms with van der Waals surface area (Å²) in [7, 11) is 4.46. The van der Waals surface area contributed by atoms with Crippen LogP contribution in [0.4, 0.5) is 0 Å². The van der Waals surface area contributed by atoms with E-state index in [0.29, 0.717) is 18.6 Å². The van der Waals surface area contributed by atoms with Gasteiger partial charge in [0.1, 0.15) is 10.9 Å². The summed E-state index contributed by atoms with van der Waals surface area (Å²) in [5, 5.41) is 25.0. The molecule has 4 aromatic heterocycles. The fourth-order valence-electron chi connectivity index (χ4n) is 2.25. The van der Waals surface area contributed by atoms with Gasteiger partial charge in [0.15, 0.2) is 0 Å². The summed E-state index contributed by atoms with van der Waals surface area (Å²) in [6.07, 6.45) is 0. The summed E-state index contributed by atoms with van der Waals surface area (Å²) in [6.45, 7) is 3.92. The second kappa shape index (κ2) is 11.1. The van der Waals surface area contributed by atoms with Crippen molar-refractivity contribution in [2.45, 2.75) is 13.8 Å². The molecule has 0 aliphatic carbocycles. The lowest BCUT2D eigenvalue weighted by atomic mass is 10.2. The van der Waals surface area contributed by atoms with E-state index in [9.17, 15) is 0 Å². The van der Waals surface area contributed by atoms with E-state index in [-0.39, 0.29) is 0 Å². The maximum absolute atomic E-state index is 8.10. The Hall–Kier alpha value is -2.07. The number of hydrogen-bond acceptors (Lipinski definition) is 6. The Morgan fingerprint density at radius 1 is 1.00 bits per heavy atom. The SMILES string of the molecule is Cc1cc(-c2ccsc2)n(C)n1.Cc1cc(Cl)n(C)n1.O[B]Oc1ccsc1. The summed E-state index contributed by atoms with van der Waals surface area (Å²) in [5.41, 5.74) is 4.47. The molecule has 0 spiro atoms. The summed E-state index contributed by atoms with van der Waals surface area (Å²) >= 11 is 8.86. The Bertz CT molecular complexity index is 933. The van der Waals surface area contributed by atoms with Crippen LogP contribution in [0.25, 0.3) is 11.3 Å². The highest BCUT2D eigenvalue weighted by molar-refractivity contribution is 7.08. The zero-order valence-corrected chi connectivity index (χ0v) is 18.4. The Kier molecular flexibility index (Phi) is 8.78. The molecule has 0 fully saturated rings. The van der Waals surface area contributed by atoms with E-state index in [1.165, 1.54) is 22.6 Å². The topological polar surface area (TPSA) is 65.1 Å². The average molecular weight is 436 g/mol. The maximum atomic E-state index is 8.10. The van der Waals surface area contributed by atoms with Crippen molar-refractivity contribution in [1.29, 1.82) is 0 Å². The number of rotatable bonds is 3. The predicted molar refractivity (Wildman–Crippen MR) is 117 cm³/mol. The molecule has 0 atom stereocenters. The van der Waals surface area contributed by atoms with Gasteiger partial charge in [-0.2, -0.15) is 21.5 Å². The number of aryl methyl sites for hydroxylation is 4. The summed E-state index contributed by atoms with van der Waals surface area (Å²) in [6, 6.07) is 7.81. The molecule has 0 unspecified atom stereocenters. The summed E-state index contributed by atoms with van der Waals surface area (Å²) in [5.74, 6) is 0.678. The van der Waals surface area contributed by atoms with Crippen molar-refractivity contribution in [3.05, 3.63) is 62.3 Å². The van der Waals surface area contributed by atoms with Crippen LogP contribution in [-0.2, 0) is 14.1 Å². The van der Waals surface area contributed by atoms with Gasteiger partial charge in [-0.3, -0.25) is 9.36 Å². The molecular formula is C18H21BClN4O2S2. The van der Waals surface area contributed by atoms with E-state index < -0.39 is 0 Å². The Morgan fingerprint density at radius 2 is 1.64 bits per heavy atom. The lowest BCUT2D eigenvalue weighted by Gasteiger charge is -1.95. The number of thiophene rings is 2. The molecule has 4 heterocycles. The molecule has 0 aromatic carbocycles. The van der Waals surface area contributed by atoms with E-state index in [1.807, 2.05) is 44.1 Å². The van der Waals surface area contributed by atoms with Crippen LogP contribution in [0.5, 0.6) is 5.75 Å². The number of hydrogen-bond donors (Lipinski definition) is 1. The number of aromatic nitrogens is 4. The van der Waals surface area contributed by atoms with Crippen molar-refractivity contribution in [3.8, 4) is 17.0 Å². The first kappa shape index (κ1) is 22.2. The minimum atomic E-state index is 0.669. The Labute approximate surface area is 178 Å². The highest BCUT2D eigenvalue weighted by Gasteiger charge is 2.03. The van der Waals surface area contributed by atoms with Crippen molar-refractivity contribution in [2.24, 2.45) is 14.1 Å². The third-order valence-corrected chi connectivity index (χ3v) is 5.15. The van der Waals surface area contributed by atoms with Crippen LogP contribution in [0.3, 0.4) is 0 Å². The number of nitrogens with zero attached hydrogens (tertiary/aromatic N) is 4. The van der Waals surface area contributed by atoms with Gasteiger partial charge in [-0.05, 0) is 48.9 Å². The normalized spacial score (nSPS) is 9.79. The zero-order valence-electron chi connectivity index (χ0n) is 16.0. The number of halogens is 1. The summed E-state index contributed by atoms with van der Waals surface area (Å²) in [4.78, 5) is 0. The molecule has 0 bridgehead atoms. The van der Waals surface area contributed by atoms with Crippen molar-refractivity contribution in [2.75, 3.05) is 0 Å². The van der Waals surface area contributed by atoms with Gasteiger partial charge in [-0.15, -0.1) is 11.3 Å². The van der Waals surface area contributed by atoms with Gasteiger partial charge >= 0.3 is 7.69 Å². The third kappa shape index (κ3) is 6.83. The van der Waals surface area contributed by atoms with Gasteiger partial charge in [0.05, 0.1) is 17.1 Å². The minimum absolute atomic E-state index is 0.669. The second-order valence-corrected chi connectivity index (χ2v) is 7.67. The first-order valence-corrected chi connectivity index (χ1v) is 10.5. The second-order valence-electron chi connectivity index (χ2n) is 5.72. The smallest absolute Gasteiger partial charge is 0.537 e. The molecule has 0 amide bonds. The average Bonchev–Trinajstić information content (AvgIpc) is 3.41. The highest BCUT2D eigenvalue weighted by atomic mass is 35.5. The largest absolute Gasteiger partial charge is 0.569 e. The van der Waals surface area contributed by atoms with Crippen LogP contribution in [0.2, 0.25) is 5.15 Å². The quantitative estimate of drug-likeness (QED) is 0.481. The Morgan fingerprint density at radius 3 is 2.04 bits per heavy atom. The van der Waals surface area contributed by atoms with Gasteiger partial charge in [0.2, 0.25) is 0 Å². The monoisotopic (exact) mass is 435 g/mol. The van der Waals surface area contributed by atoms with Gasteiger partial charge in [-0.1, -0.05) is 11.6 Å². The molecule has 1 N–H and O–H groups in total. The molecule has 0 aliphatic rings. The van der Waals surface area contributed by atoms with Crippen LogP contribution < -0.4 is 4.65 Å². The molecule has 28 heavy (non-hydrogen) atoms. The van der Waals surface area contributed by atoms with E-state index in [1.54, 1.807) is 27.5 Å². The predicted octanol–water partition coefficient (Wildman–Crippen LogP) is 4.49. The van der Waals surface area contributed by atoms with E-state index in [2.05, 4.69) is 37.7 Å². The first-order chi connectivity index (χ1) is 13.4. The highest BCUT2D eigenvalue weighted by Crippen LogP contribution is 2.21. The molecule has 0 saturated heterocycles. The van der Waals surface area contributed by atoms with Crippen molar-refractivity contribution < 1.29 is 9.68 Å². The lowest BCUT2D eigenvalue weighted by molar-refractivity contribution is 0.455. The fraction of sp³-hybridized carbons (Fsp3) is 0.222. The summed E-state index contributed by atoms with van der Waals surface area (Å²) < 4.78 is 8.14. The van der Waals surface area contributed by atoms with Gasteiger partial charge in [0.25, 0.3) is 0 Å². The van der Waals surface area contributed by atoms with Gasteiger partial charge in [-0.25, -0.2) is 0 Å². The molecule has 10 heteroatoms. The first-order valence-electron chi connectivity index (χ1n) is 8.24. The molecular weight excluding hydrogens is 415 g/mol.